The van der Waals surface area contributed by atoms with Crippen LogP contribution < -0.4 is 5.32 Å². The summed E-state index contributed by atoms with van der Waals surface area (Å²) in [6.45, 7) is 1.19. The van der Waals surface area contributed by atoms with Crippen LogP contribution in [0.1, 0.15) is 11.3 Å². The summed E-state index contributed by atoms with van der Waals surface area (Å²) >= 11 is 6.11. The van der Waals surface area contributed by atoms with Crippen LogP contribution in [0.4, 0.5) is 5.82 Å². The molecule has 3 heterocycles. The van der Waals surface area contributed by atoms with Crippen LogP contribution >= 0.6 is 11.6 Å². The zero-order valence-corrected chi connectivity index (χ0v) is 15.4. The first-order valence-corrected chi connectivity index (χ1v) is 8.69. The molecule has 0 spiro atoms. The Hall–Kier alpha value is -2.64. The van der Waals surface area contributed by atoms with Gasteiger partial charge in [-0.15, -0.1) is 0 Å². The van der Waals surface area contributed by atoms with Crippen LogP contribution in [0, 0.1) is 0 Å². The van der Waals surface area contributed by atoms with E-state index in [4.69, 9.17) is 16.3 Å². The summed E-state index contributed by atoms with van der Waals surface area (Å²) in [4.78, 5) is 8.58. The van der Waals surface area contributed by atoms with Crippen LogP contribution in [0.5, 0.6) is 0 Å². The van der Waals surface area contributed by atoms with E-state index in [0.29, 0.717) is 12.4 Å². The van der Waals surface area contributed by atoms with Crippen LogP contribution in [0.25, 0.3) is 16.7 Å². The van der Waals surface area contributed by atoms with Crippen LogP contribution in [0.15, 0.2) is 36.8 Å². The Balaban J connectivity index is 1.55. The van der Waals surface area contributed by atoms with Gasteiger partial charge in [-0.1, -0.05) is 17.7 Å². The van der Waals surface area contributed by atoms with E-state index in [0.717, 1.165) is 35.0 Å². The van der Waals surface area contributed by atoms with Gasteiger partial charge in [-0.05, 0) is 24.1 Å². The van der Waals surface area contributed by atoms with Crippen LogP contribution in [0.3, 0.4) is 0 Å². The van der Waals surface area contributed by atoms with E-state index in [9.17, 15) is 0 Å². The first kappa shape index (κ1) is 16.8. The first-order chi connectivity index (χ1) is 12.7. The van der Waals surface area contributed by atoms with Gasteiger partial charge in [0, 0.05) is 48.9 Å². The number of nitrogens with one attached hydrogen (secondary N) is 1. The van der Waals surface area contributed by atoms with Gasteiger partial charge in [0.05, 0.1) is 12.3 Å². The lowest BCUT2D eigenvalue weighted by atomic mass is 10.1. The predicted molar refractivity (Wildman–Crippen MR) is 102 cm³/mol. The van der Waals surface area contributed by atoms with Crippen molar-refractivity contribution < 1.29 is 4.74 Å². The smallest absolute Gasteiger partial charge is 0.254 e. The third-order valence-corrected chi connectivity index (χ3v) is 4.57. The van der Waals surface area contributed by atoms with Gasteiger partial charge in [0.1, 0.15) is 12.1 Å². The standard InChI is InChI=1S/C18H19ClN6O/c1-24-9-12(15-4-3-13(19)7-16(15)24)5-6-20-17-8-14(10-26-2)23-18-21-11-22-25(17)18/h3-4,7-9,11,20H,5-6,10H2,1-2H3. The fourth-order valence-corrected chi connectivity index (χ4v) is 3.34. The molecule has 0 saturated carbocycles. The third-order valence-electron chi connectivity index (χ3n) is 4.33. The molecule has 0 amide bonds. The Morgan fingerprint density at radius 3 is 3.00 bits per heavy atom. The van der Waals surface area contributed by atoms with Gasteiger partial charge >= 0.3 is 0 Å². The number of aryl methyl sites for hydroxylation is 1. The van der Waals surface area contributed by atoms with Crippen molar-refractivity contribution in [1.29, 1.82) is 0 Å². The second kappa shape index (κ2) is 6.93. The molecular weight excluding hydrogens is 352 g/mol. The number of anilines is 1. The lowest BCUT2D eigenvalue weighted by Gasteiger charge is -2.09. The molecule has 4 aromatic rings. The molecule has 0 atom stereocenters. The maximum absolute atomic E-state index is 6.11. The predicted octanol–water partition coefficient (Wildman–Crippen LogP) is 3.07. The Bertz CT molecular complexity index is 1070. The quantitative estimate of drug-likeness (QED) is 0.565. The van der Waals surface area contributed by atoms with Crippen LogP contribution in [0.2, 0.25) is 5.02 Å². The van der Waals surface area contributed by atoms with Crippen molar-refractivity contribution in [3.05, 3.63) is 53.1 Å². The highest BCUT2D eigenvalue weighted by Crippen LogP contribution is 2.24. The molecule has 7 nitrogen and oxygen atoms in total. The number of ether oxygens (including phenoxy) is 1. The average molecular weight is 371 g/mol. The summed E-state index contributed by atoms with van der Waals surface area (Å²) in [5.41, 5.74) is 3.22. The van der Waals surface area contributed by atoms with E-state index in [1.165, 1.54) is 17.3 Å². The number of fused-ring (bicyclic) bond motifs is 2. The molecule has 3 aromatic heterocycles. The summed E-state index contributed by atoms with van der Waals surface area (Å²) in [5.74, 6) is 1.41. The zero-order chi connectivity index (χ0) is 18.1. The van der Waals surface area contributed by atoms with E-state index >= 15 is 0 Å². The van der Waals surface area contributed by atoms with Crippen LogP contribution in [-0.2, 0) is 24.8 Å². The molecule has 134 valence electrons. The molecule has 26 heavy (non-hydrogen) atoms. The molecule has 1 aromatic carbocycles. The molecular formula is C18H19ClN6O. The molecule has 0 saturated heterocycles. The monoisotopic (exact) mass is 370 g/mol. The van der Waals surface area contributed by atoms with E-state index in [1.54, 1.807) is 11.6 Å². The van der Waals surface area contributed by atoms with Gasteiger partial charge in [-0.2, -0.15) is 14.6 Å². The number of hydrogen-bond donors (Lipinski definition) is 1. The van der Waals surface area contributed by atoms with Gasteiger partial charge in [0.15, 0.2) is 0 Å². The number of nitrogens with zero attached hydrogens (tertiary/aromatic N) is 5. The van der Waals surface area contributed by atoms with Crippen LogP contribution in [-0.4, -0.2) is 37.8 Å². The Labute approximate surface area is 155 Å². The number of halogens is 1. The molecule has 0 unspecified atom stereocenters. The van der Waals surface area contributed by atoms with Crippen molar-refractivity contribution >= 4 is 34.1 Å². The SMILES string of the molecule is COCc1cc(NCCc2cn(C)c3cc(Cl)ccc23)n2ncnc2n1. The molecule has 0 aliphatic carbocycles. The minimum atomic E-state index is 0.433. The number of rotatable bonds is 6. The van der Waals surface area contributed by atoms with Crippen molar-refractivity contribution in [2.24, 2.45) is 7.05 Å². The van der Waals surface area contributed by atoms with Crippen molar-refractivity contribution in [3.63, 3.8) is 0 Å². The van der Waals surface area contributed by atoms with Gasteiger partial charge in [0.2, 0.25) is 0 Å². The highest BCUT2D eigenvalue weighted by Gasteiger charge is 2.09. The fraction of sp³-hybridized carbons (Fsp3) is 0.278. The number of benzene rings is 1. The normalized spacial score (nSPS) is 11.5. The van der Waals surface area contributed by atoms with E-state index in [2.05, 4.69) is 37.2 Å². The molecule has 1 N–H and O–H groups in total. The highest BCUT2D eigenvalue weighted by atomic mass is 35.5. The maximum atomic E-state index is 6.11. The summed E-state index contributed by atoms with van der Waals surface area (Å²) in [6.07, 6.45) is 4.52. The van der Waals surface area contributed by atoms with Crippen molar-refractivity contribution in [1.82, 2.24) is 24.1 Å². The Morgan fingerprint density at radius 1 is 1.27 bits per heavy atom. The minimum Gasteiger partial charge on any atom is -0.378 e. The number of aromatic nitrogens is 5. The molecule has 8 heteroatoms. The minimum absolute atomic E-state index is 0.433. The molecule has 0 radical (unpaired) electrons. The number of hydrogen-bond acceptors (Lipinski definition) is 5. The van der Waals surface area contributed by atoms with E-state index < -0.39 is 0 Å². The summed E-state index contributed by atoms with van der Waals surface area (Å²) < 4.78 is 8.98. The molecule has 0 fully saturated rings. The molecule has 0 aliphatic heterocycles. The van der Waals surface area contributed by atoms with Gasteiger partial charge in [-0.25, -0.2) is 4.98 Å². The molecule has 0 bridgehead atoms. The van der Waals surface area contributed by atoms with E-state index in [-0.39, 0.29) is 0 Å². The fourth-order valence-electron chi connectivity index (χ4n) is 3.17. The second-order valence-corrected chi connectivity index (χ2v) is 6.58. The highest BCUT2D eigenvalue weighted by molar-refractivity contribution is 6.31. The summed E-state index contributed by atoms with van der Waals surface area (Å²) in [6, 6.07) is 7.94. The first-order valence-electron chi connectivity index (χ1n) is 8.31. The Morgan fingerprint density at radius 2 is 2.15 bits per heavy atom. The second-order valence-electron chi connectivity index (χ2n) is 6.14. The maximum Gasteiger partial charge on any atom is 0.254 e. The lowest BCUT2D eigenvalue weighted by molar-refractivity contribution is 0.181. The van der Waals surface area contributed by atoms with Gasteiger partial charge in [-0.3, -0.25) is 0 Å². The summed E-state index contributed by atoms with van der Waals surface area (Å²) in [7, 11) is 3.68. The van der Waals surface area contributed by atoms with Gasteiger partial charge < -0.3 is 14.6 Å². The zero-order valence-electron chi connectivity index (χ0n) is 14.6. The topological polar surface area (TPSA) is 69.3 Å². The molecule has 4 rings (SSSR count). The lowest BCUT2D eigenvalue weighted by Crippen LogP contribution is -2.11. The Kier molecular flexibility index (Phi) is 4.48. The van der Waals surface area contributed by atoms with Crippen molar-refractivity contribution in [2.45, 2.75) is 13.0 Å². The van der Waals surface area contributed by atoms with E-state index in [1.807, 2.05) is 25.2 Å². The largest absolute Gasteiger partial charge is 0.378 e. The molecule has 0 aliphatic rings. The van der Waals surface area contributed by atoms with Gasteiger partial charge in [0.25, 0.3) is 5.78 Å². The summed E-state index contributed by atoms with van der Waals surface area (Å²) in [5, 5.41) is 9.64. The van der Waals surface area contributed by atoms with Crippen molar-refractivity contribution in [2.75, 3.05) is 19.0 Å². The number of methoxy groups -OCH3 is 1. The average Bonchev–Trinajstić information content (AvgIpc) is 3.20. The van der Waals surface area contributed by atoms with Crippen molar-refractivity contribution in [3.8, 4) is 0 Å². The third kappa shape index (κ3) is 3.11.